The maximum absolute atomic E-state index is 12.3. The van der Waals surface area contributed by atoms with Crippen LogP contribution < -0.4 is 14.8 Å². The number of hydrogen-bond acceptors (Lipinski definition) is 5. The zero-order valence-corrected chi connectivity index (χ0v) is 15.6. The van der Waals surface area contributed by atoms with Crippen LogP contribution in [-0.2, 0) is 11.2 Å². The van der Waals surface area contributed by atoms with Crippen LogP contribution in [0.3, 0.4) is 0 Å². The van der Waals surface area contributed by atoms with E-state index in [-0.39, 0.29) is 18.4 Å². The molecule has 1 aromatic carbocycles. The van der Waals surface area contributed by atoms with Gasteiger partial charge in [0, 0.05) is 11.3 Å². The fourth-order valence-electron chi connectivity index (χ4n) is 2.31. The van der Waals surface area contributed by atoms with E-state index in [1.807, 2.05) is 24.4 Å². The quantitative estimate of drug-likeness (QED) is 0.829. The summed E-state index contributed by atoms with van der Waals surface area (Å²) < 4.78 is 10.5. The molecule has 0 aliphatic heterocycles. The summed E-state index contributed by atoms with van der Waals surface area (Å²) in [4.78, 5) is 16.9. The maximum Gasteiger partial charge on any atom is 0.224 e. The molecule has 1 atom stereocenters. The van der Waals surface area contributed by atoms with E-state index in [9.17, 15) is 4.79 Å². The van der Waals surface area contributed by atoms with Crippen molar-refractivity contribution < 1.29 is 14.3 Å². The van der Waals surface area contributed by atoms with Gasteiger partial charge < -0.3 is 14.8 Å². The Labute approximate surface area is 147 Å². The number of nitrogens with one attached hydrogen (secondary N) is 1. The lowest BCUT2D eigenvalue weighted by molar-refractivity contribution is -0.121. The van der Waals surface area contributed by atoms with E-state index in [4.69, 9.17) is 9.47 Å². The molecular formula is C18H24N2O3S. The van der Waals surface area contributed by atoms with Gasteiger partial charge in [-0.25, -0.2) is 4.98 Å². The van der Waals surface area contributed by atoms with Gasteiger partial charge in [0.1, 0.15) is 0 Å². The first-order valence-corrected chi connectivity index (χ1v) is 8.78. The summed E-state index contributed by atoms with van der Waals surface area (Å²) in [5.41, 5.74) is 1.78. The zero-order chi connectivity index (χ0) is 17.7. The molecule has 0 aliphatic rings. The Balaban J connectivity index is 1.99. The summed E-state index contributed by atoms with van der Waals surface area (Å²) in [6.07, 6.45) is 0.284. The Bertz CT molecular complexity index is 697. The maximum atomic E-state index is 12.3. The highest BCUT2D eigenvalue weighted by Gasteiger charge is 2.15. The van der Waals surface area contributed by atoms with Crippen LogP contribution in [0.5, 0.6) is 11.5 Å². The van der Waals surface area contributed by atoms with Crippen molar-refractivity contribution in [2.45, 2.75) is 39.2 Å². The molecule has 130 valence electrons. The lowest BCUT2D eigenvalue weighted by Gasteiger charge is -2.13. The van der Waals surface area contributed by atoms with Gasteiger partial charge in [0.15, 0.2) is 11.5 Å². The first kappa shape index (κ1) is 18.3. The first-order valence-electron chi connectivity index (χ1n) is 7.90. The molecule has 0 fully saturated rings. The summed E-state index contributed by atoms with van der Waals surface area (Å²) in [5.74, 6) is 1.63. The van der Waals surface area contributed by atoms with Crippen molar-refractivity contribution in [3.05, 3.63) is 39.8 Å². The van der Waals surface area contributed by atoms with Crippen LogP contribution in [0.25, 0.3) is 0 Å². The average molecular weight is 348 g/mol. The van der Waals surface area contributed by atoms with E-state index in [2.05, 4.69) is 24.1 Å². The monoisotopic (exact) mass is 348 g/mol. The number of rotatable bonds is 7. The van der Waals surface area contributed by atoms with Gasteiger partial charge in [-0.1, -0.05) is 19.9 Å². The SMILES string of the molecule is COc1ccc(CC(=O)N[C@H](C)c2csc(C(C)C)n2)cc1OC. The second kappa shape index (κ2) is 8.15. The molecular weight excluding hydrogens is 324 g/mol. The van der Waals surface area contributed by atoms with Crippen LogP contribution in [0.1, 0.15) is 49.0 Å². The van der Waals surface area contributed by atoms with Crippen LogP contribution in [-0.4, -0.2) is 25.1 Å². The smallest absolute Gasteiger partial charge is 0.224 e. The molecule has 1 heterocycles. The lowest BCUT2D eigenvalue weighted by Crippen LogP contribution is -2.28. The highest BCUT2D eigenvalue weighted by Crippen LogP contribution is 2.28. The van der Waals surface area contributed by atoms with Gasteiger partial charge >= 0.3 is 0 Å². The molecule has 0 saturated carbocycles. The molecule has 0 saturated heterocycles. The molecule has 0 radical (unpaired) electrons. The molecule has 24 heavy (non-hydrogen) atoms. The van der Waals surface area contributed by atoms with Crippen molar-refractivity contribution in [3.8, 4) is 11.5 Å². The van der Waals surface area contributed by atoms with E-state index in [0.717, 1.165) is 16.3 Å². The lowest BCUT2D eigenvalue weighted by atomic mass is 10.1. The molecule has 2 aromatic rings. The second-order valence-corrected chi connectivity index (χ2v) is 6.81. The van der Waals surface area contributed by atoms with E-state index in [1.54, 1.807) is 31.6 Å². The van der Waals surface area contributed by atoms with Crippen LogP contribution in [0.4, 0.5) is 0 Å². The molecule has 1 N–H and O–H groups in total. The predicted molar refractivity (Wildman–Crippen MR) is 96.0 cm³/mol. The number of amides is 1. The number of methoxy groups -OCH3 is 2. The minimum atomic E-state index is -0.110. The van der Waals surface area contributed by atoms with Gasteiger partial charge in [-0.15, -0.1) is 11.3 Å². The second-order valence-electron chi connectivity index (χ2n) is 5.92. The van der Waals surface area contributed by atoms with Crippen LogP contribution in [0, 0.1) is 0 Å². The van der Waals surface area contributed by atoms with Gasteiger partial charge in [-0.2, -0.15) is 0 Å². The van der Waals surface area contributed by atoms with Gasteiger partial charge in [0.25, 0.3) is 0 Å². The summed E-state index contributed by atoms with van der Waals surface area (Å²) in [6, 6.07) is 5.38. The third-order valence-corrected chi connectivity index (χ3v) is 4.83. The number of nitrogens with zero attached hydrogens (tertiary/aromatic N) is 1. The van der Waals surface area contributed by atoms with Gasteiger partial charge in [0.2, 0.25) is 5.91 Å². The number of carbonyl (C=O) groups excluding carboxylic acids is 1. The number of aromatic nitrogens is 1. The minimum absolute atomic E-state index is 0.0474. The Hall–Kier alpha value is -2.08. The number of ether oxygens (including phenoxy) is 2. The first-order chi connectivity index (χ1) is 11.4. The third kappa shape index (κ3) is 4.47. The summed E-state index contributed by atoms with van der Waals surface area (Å²) >= 11 is 1.63. The topological polar surface area (TPSA) is 60.5 Å². The third-order valence-electron chi connectivity index (χ3n) is 3.67. The molecule has 0 spiro atoms. The number of benzene rings is 1. The Morgan fingerprint density at radius 3 is 2.50 bits per heavy atom. The highest BCUT2D eigenvalue weighted by molar-refractivity contribution is 7.09. The minimum Gasteiger partial charge on any atom is -0.493 e. The summed E-state index contributed by atoms with van der Waals surface area (Å²) in [6.45, 7) is 6.18. The fourth-order valence-corrected chi connectivity index (χ4v) is 3.24. The fraction of sp³-hybridized carbons (Fsp3) is 0.444. The summed E-state index contributed by atoms with van der Waals surface area (Å²) in [7, 11) is 3.17. The molecule has 1 amide bonds. The van der Waals surface area contributed by atoms with Crippen molar-refractivity contribution >= 4 is 17.2 Å². The van der Waals surface area contributed by atoms with Crippen molar-refractivity contribution in [3.63, 3.8) is 0 Å². The predicted octanol–water partition coefficient (Wildman–Crippen LogP) is 3.70. The van der Waals surface area contributed by atoms with E-state index in [1.165, 1.54) is 0 Å². The summed E-state index contributed by atoms with van der Waals surface area (Å²) in [5, 5.41) is 6.10. The molecule has 5 nitrogen and oxygen atoms in total. The van der Waals surface area contributed by atoms with Crippen molar-refractivity contribution in [1.29, 1.82) is 0 Å². The molecule has 6 heteroatoms. The van der Waals surface area contributed by atoms with E-state index < -0.39 is 0 Å². The van der Waals surface area contributed by atoms with Crippen LogP contribution >= 0.6 is 11.3 Å². The van der Waals surface area contributed by atoms with Gasteiger partial charge in [-0.3, -0.25) is 4.79 Å². The Morgan fingerprint density at radius 1 is 1.21 bits per heavy atom. The standard InChI is InChI=1S/C18H24N2O3S/c1-11(2)18-20-14(10-24-18)12(3)19-17(21)9-13-6-7-15(22-4)16(8-13)23-5/h6-8,10-12H,9H2,1-5H3,(H,19,21)/t12-/m1/s1. The van der Waals surface area contributed by atoms with Crippen LogP contribution in [0.15, 0.2) is 23.6 Å². The zero-order valence-electron chi connectivity index (χ0n) is 14.8. The molecule has 0 aliphatic carbocycles. The van der Waals surface area contributed by atoms with Gasteiger partial charge in [0.05, 0.1) is 37.4 Å². The Kier molecular flexibility index (Phi) is 6.20. The number of carbonyl (C=O) groups is 1. The molecule has 0 bridgehead atoms. The van der Waals surface area contributed by atoms with E-state index >= 15 is 0 Å². The van der Waals surface area contributed by atoms with Crippen LogP contribution in [0.2, 0.25) is 0 Å². The highest BCUT2D eigenvalue weighted by atomic mass is 32.1. The van der Waals surface area contributed by atoms with Crippen molar-refractivity contribution in [2.24, 2.45) is 0 Å². The van der Waals surface area contributed by atoms with Gasteiger partial charge in [-0.05, 0) is 24.6 Å². The largest absolute Gasteiger partial charge is 0.493 e. The molecule has 1 aromatic heterocycles. The Morgan fingerprint density at radius 2 is 1.92 bits per heavy atom. The van der Waals surface area contributed by atoms with Crippen molar-refractivity contribution in [1.82, 2.24) is 10.3 Å². The normalized spacial score (nSPS) is 12.1. The molecule has 2 rings (SSSR count). The van der Waals surface area contributed by atoms with Crippen molar-refractivity contribution in [2.75, 3.05) is 14.2 Å². The number of hydrogen-bond donors (Lipinski definition) is 1. The van der Waals surface area contributed by atoms with E-state index in [0.29, 0.717) is 17.4 Å². The average Bonchev–Trinajstić information content (AvgIpc) is 3.05. The molecule has 0 unspecified atom stereocenters. The number of thiazole rings is 1.